The highest BCUT2D eigenvalue weighted by atomic mass is 35.5. The predicted octanol–water partition coefficient (Wildman–Crippen LogP) is 2.16. The number of H-pyrrole nitrogens is 1. The van der Waals surface area contributed by atoms with Crippen LogP contribution in [0.2, 0.25) is 0 Å². The smallest absolute Gasteiger partial charge is 0.254 e. The highest BCUT2D eigenvalue weighted by molar-refractivity contribution is 5.97. The monoisotopic (exact) mass is 461 g/mol. The first-order valence-electron chi connectivity index (χ1n) is 11.5. The number of piperidine rings is 1. The van der Waals surface area contributed by atoms with Gasteiger partial charge in [0.1, 0.15) is 0 Å². The predicted molar refractivity (Wildman–Crippen MR) is 124 cm³/mol. The molecule has 1 aromatic heterocycles. The first kappa shape index (κ1) is 23.0. The van der Waals surface area contributed by atoms with E-state index in [-0.39, 0.29) is 36.2 Å². The van der Waals surface area contributed by atoms with E-state index in [4.69, 9.17) is 4.74 Å². The Morgan fingerprint density at radius 2 is 1.97 bits per heavy atom. The van der Waals surface area contributed by atoms with E-state index in [1.807, 2.05) is 23.1 Å². The van der Waals surface area contributed by atoms with Gasteiger partial charge in [-0.2, -0.15) is 0 Å². The van der Waals surface area contributed by atoms with E-state index in [2.05, 4.69) is 19.8 Å². The van der Waals surface area contributed by atoms with Crippen molar-refractivity contribution < 1.29 is 14.3 Å². The van der Waals surface area contributed by atoms with E-state index < -0.39 is 0 Å². The quantitative estimate of drug-likeness (QED) is 0.712. The van der Waals surface area contributed by atoms with E-state index in [0.29, 0.717) is 12.1 Å². The van der Waals surface area contributed by atoms with Crippen LogP contribution in [0.3, 0.4) is 0 Å². The minimum atomic E-state index is 0. The Morgan fingerprint density at radius 1 is 1.16 bits per heavy atom. The Labute approximate surface area is 194 Å². The van der Waals surface area contributed by atoms with Crippen molar-refractivity contribution >= 4 is 35.3 Å². The van der Waals surface area contributed by atoms with Gasteiger partial charge >= 0.3 is 0 Å². The SMILES string of the molecule is Cl.O=C(c1ccc2nc[nH]c2c1)N1CCCC(N(CCN2CCOCC2)C(=O)C2CC2)C1. The van der Waals surface area contributed by atoms with Crippen molar-refractivity contribution in [3.8, 4) is 0 Å². The fourth-order valence-electron chi connectivity index (χ4n) is 4.76. The number of rotatable bonds is 6. The number of fused-ring (bicyclic) bond motifs is 1. The molecule has 3 heterocycles. The van der Waals surface area contributed by atoms with Crippen LogP contribution in [-0.2, 0) is 9.53 Å². The van der Waals surface area contributed by atoms with Crippen LogP contribution in [0.4, 0.5) is 0 Å². The zero-order valence-electron chi connectivity index (χ0n) is 18.4. The molecular formula is C23H32ClN5O3. The van der Waals surface area contributed by atoms with Crippen LogP contribution in [0.25, 0.3) is 11.0 Å². The summed E-state index contributed by atoms with van der Waals surface area (Å²) in [6, 6.07) is 5.70. The van der Waals surface area contributed by atoms with Crippen LogP contribution in [0, 0.1) is 5.92 Å². The van der Waals surface area contributed by atoms with Gasteiger partial charge < -0.3 is 19.5 Å². The van der Waals surface area contributed by atoms with E-state index in [9.17, 15) is 9.59 Å². The molecule has 3 aliphatic rings. The Balaban J connectivity index is 0.00000245. The number of hydrogen-bond donors (Lipinski definition) is 1. The molecule has 9 heteroatoms. The third-order valence-electron chi connectivity index (χ3n) is 6.76. The van der Waals surface area contributed by atoms with Gasteiger partial charge in [-0.05, 0) is 43.9 Å². The van der Waals surface area contributed by atoms with Crippen LogP contribution in [0.1, 0.15) is 36.0 Å². The molecular weight excluding hydrogens is 430 g/mol. The molecule has 0 bridgehead atoms. The summed E-state index contributed by atoms with van der Waals surface area (Å²) in [6.45, 7) is 6.36. The summed E-state index contributed by atoms with van der Waals surface area (Å²) in [5, 5.41) is 0. The van der Waals surface area contributed by atoms with Gasteiger partial charge in [-0.1, -0.05) is 0 Å². The third-order valence-corrected chi connectivity index (χ3v) is 6.76. The lowest BCUT2D eigenvalue weighted by Crippen LogP contribution is -2.54. The maximum absolute atomic E-state index is 13.2. The molecule has 1 atom stereocenters. The summed E-state index contributed by atoms with van der Waals surface area (Å²) in [6.07, 6.45) is 5.55. The molecule has 2 aliphatic heterocycles. The van der Waals surface area contributed by atoms with Gasteiger partial charge in [0.15, 0.2) is 0 Å². The van der Waals surface area contributed by atoms with Crippen LogP contribution in [-0.4, -0.2) is 95.0 Å². The molecule has 0 spiro atoms. The molecule has 1 saturated carbocycles. The second-order valence-corrected chi connectivity index (χ2v) is 8.94. The lowest BCUT2D eigenvalue weighted by atomic mass is 10.0. The van der Waals surface area contributed by atoms with Gasteiger partial charge in [-0.15, -0.1) is 12.4 Å². The topological polar surface area (TPSA) is 81.8 Å². The first-order valence-corrected chi connectivity index (χ1v) is 11.5. The van der Waals surface area contributed by atoms with Crippen LogP contribution < -0.4 is 0 Å². The number of benzene rings is 1. The van der Waals surface area contributed by atoms with E-state index in [1.54, 1.807) is 6.33 Å². The van der Waals surface area contributed by atoms with Crippen molar-refractivity contribution in [3.05, 3.63) is 30.1 Å². The number of halogens is 1. The Hall–Kier alpha value is -2.16. The minimum absolute atomic E-state index is 0. The summed E-state index contributed by atoms with van der Waals surface area (Å²) >= 11 is 0. The zero-order chi connectivity index (χ0) is 21.2. The number of amides is 2. The average molecular weight is 462 g/mol. The van der Waals surface area contributed by atoms with E-state index in [0.717, 1.165) is 82.7 Å². The number of carbonyl (C=O) groups excluding carboxylic acids is 2. The van der Waals surface area contributed by atoms with Gasteiger partial charge in [0.05, 0.1) is 30.6 Å². The lowest BCUT2D eigenvalue weighted by Gasteiger charge is -2.40. The minimum Gasteiger partial charge on any atom is -0.379 e. The standard InChI is InChI=1S/C23H31N5O3.ClH/c29-22(18-5-6-20-21(14-18)25-16-24-20)27-7-1-2-19(15-27)28(23(30)17-3-4-17)9-8-26-10-12-31-13-11-26;/h5-6,14,16-17,19H,1-4,7-13,15H2,(H,24,25);1H. The van der Waals surface area contributed by atoms with Crippen molar-refractivity contribution in [2.24, 2.45) is 5.92 Å². The summed E-state index contributed by atoms with van der Waals surface area (Å²) in [4.78, 5) is 40.0. The Kier molecular flexibility index (Phi) is 7.33. The van der Waals surface area contributed by atoms with Crippen molar-refractivity contribution in [1.82, 2.24) is 24.7 Å². The number of carbonyl (C=O) groups is 2. The summed E-state index contributed by atoms with van der Waals surface area (Å²) in [5.41, 5.74) is 2.40. The number of imidazole rings is 1. The summed E-state index contributed by atoms with van der Waals surface area (Å²) < 4.78 is 5.45. The molecule has 5 rings (SSSR count). The highest BCUT2D eigenvalue weighted by Crippen LogP contribution is 2.33. The van der Waals surface area contributed by atoms with Gasteiger partial charge in [-0.3, -0.25) is 14.5 Å². The molecule has 174 valence electrons. The molecule has 0 radical (unpaired) electrons. The van der Waals surface area contributed by atoms with Gasteiger partial charge in [-0.25, -0.2) is 4.98 Å². The summed E-state index contributed by atoms with van der Waals surface area (Å²) in [5.74, 6) is 0.512. The van der Waals surface area contributed by atoms with E-state index in [1.165, 1.54) is 0 Å². The number of nitrogens with zero attached hydrogens (tertiary/aromatic N) is 4. The molecule has 1 aliphatic carbocycles. The van der Waals surface area contributed by atoms with Crippen molar-refractivity contribution in [2.45, 2.75) is 31.7 Å². The maximum atomic E-state index is 13.2. The molecule has 2 aromatic rings. The van der Waals surface area contributed by atoms with Crippen LogP contribution >= 0.6 is 12.4 Å². The molecule has 1 N–H and O–H groups in total. The Bertz CT molecular complexity index is 941. The number of likely N-dealkylation sites (tertiary alicyclic amines) is 1. The number of hydrogen-bond acceptors (Lipinski definition) is 5. The van der Waals surface area contributed by atoms with Gasteiger partial charge in [0, 0.05) is 56.8 Å². The largest absolute Gasteiger partial charge is 0.379 e. The fraction of sp³-hybridized carbons (Fsp3) is 0.609. The number of morpholine rings is 1. The normalized spacial score (nSPS) is 21.9. The number of nitrogens with one attached hydrogen (secondary N) is 1. The molecule has 32 heavy (non-hydrogen) atoms. The maximum Gasteiger partial charge on any atom is 0.254 e. The van der Waals surface area contributed by atoms with E-state index >= 15 is 0 Å². The van der Waals surface area contributed by atoms with Crippen molar-refractivity contribution in [2.75, 3.05) is 52.5 Å². The molecule has 1 unspecified atom stereocenters. The highest BCUT2D eigenvalue weighted by Gasteiger charge is 2.38. The number of aromatic amines is 1. The second-order valence-electron chi connectivity index (χ2n) is 8.94. The number of aromatic nitrogens is 2. The molecule has 3 fully saturated rings. The summed E-state index contributed by atoms with van der Waals surface area (Å²) in [7, 11) is 0. The van der Waals surface area contributed by atoms with Gasteiger partial charge in [0.2, 0.25) is 5.91 Å². The molecule has 8 nitrogen and oxygen atoms in total. The molecule has 2 saturated heterocycles. The molecule has 1 aromatic carbocycles. The third kappa shape index (κ3) is 5.08. The van der Waals surface area contributed by atoms with Crippen molar-refractivity contribution in [1.29, 1.82) is 0 Å². The zero-order valence-corrected chi connectivity index (χ0v) is 19.2. The first-order chi connectivity index (χ1) is 15.2. The van der Waals surface area contributed by atoms with Gasteiger partial charge in [0.25, 0.3) is 5.91 Å². The number of ether oxygens (including phenoxy) is 1. The molecule has 2 amide bonds. The van der Waals surface area contributed by atoms with Crippen molar-refractivity contribution in [3.63, 3.8) is 0 Å². The average Bonchev–Trinajstić information content (AvgIpc) is 3.56. The second kappa shape index (κ2) is 10.2. The lowest BCUT2D eigenvalue weighted by molar-refractivity contribution is -0.136. The van der Waals surface area contributed by atoms with Crippen LogP contribution in [0.15, 0.2) is 24.5 Å². The van der Waals surface area contributed by atoms with Crippen LogP contribution in [0.5, 0.6) is 0 Å². The fourth-order valence-corrected chi connectivity index (χ4v) is 4.76. The Morgan fingerprint density at radius 3 is 2.75 bits per heavy atom.